The van der Waals surface area contributed by atoms with Crippen LogP contribution in [0, 0.1) is 0 Å². The van der Waals surface area contributed by atoms with Crippen molar-refractivity contribution in [2.24, 2.45) is 0 Å². The molecule has 0 unspecified atom stereocenters. The Balaban J connectivity index is 1.83. The van der Waals surface area contributed by atoms with Crippen LogP contribution in [-0.4, -0.2) is 62.2 Å². The molecule has 0 fully saturated rings. The summed E-state index contributed by atoms with van der Waals surface area (Å²) in [4.78, 5) is 40.1. The molecule has 2 aromatic rings. The van der Waals surface area contributed by atoms with Gasteiger partial charge in [-0.3, -0.25) is 9.59 Å². The normalized spacial score (nSPS) is 13.4. The van der Waals surface area contributed by atoms with E-state index in [1.165, 1.54) is 53.9 Å². The summed E-state index contributed by atoms with van der Waals surface area (Å²) in [7, 11) is -2.39. The number of hydrogen-bond acceptors (Lipinski definition) is 7. The Morgan fingerprint density at radius 3 is 2.24 bits per heavy atom. The Kier molecular flexibility index (Phi) is 9.86. The highest BCUT2D eigenvalue weighted by Gasteiger charge is 2.30. The summed E-state index contributed by atoms with van der Waals surface area (Å²) in [5.41, 5.74) is 1.35. The van der Waals surface area contributed by atoms with Crippen LogP contribution in [0.25, 0.3) is 0 Å². The molecule has 0 saturated carbocycles. The molecule has 11 heteroatoms. The van der Waals surface area contributed by atoms with Crippen LogP contribution in [0.3, 0.4) is 0 Å². The van der Waals surface area contributed by atoms with Gasteiger partial charge in [0.2, 0.25) is 15.9 Å². The molecule has 1 aliphatic rings. The van der Waals surface area contributed by atoms with E-state index in [1.54, 1.807) is 4.90 Å². The lowest BCUT2D eigenvalue weighted by Crippen LogP contribution is -2.33. The Morgan fingerprint density at radius 2 is 1.70 bits per heavy atom. The van der Waals surface area contributed by atoms with E-state index in [4.69, 9.17) is 4.74 Å². The molecule has 1 aliphatic heterocycles. The van der Waals surface area contributed by atoms with Crippen LogP contribution in [0.1, 0.15) is 77.6 Å². The van der Waals surface area contributed by atoms with Crippen molar-refractivity contribution in [3.05, 3.63) is 45.8 Å². The average molecular weight is 550 g/mol. The second-order valence-electron chi connectivity index (χ2n) is 8.98. The summed E-state index contributed by atoms with van der Waals surface area (Å²) >= 11 is 1.25. The summed E-state index contributed by atoms with van der Waals surface area (Å²) in [5, 5.41) is 3.15. The second kappa shape index (κ2) is 12.7. The van der Waals surface area contributed by atoms with E-state index in [2.05, 4.69) is 5.32 Å². The maximum Gasteiger partial charge on any atom is 0.341 e. The molecule has 0 spiro atoms. The minimum absolute atomic E-state index is 0.0535. The highest BCUT2D eigenvalue weighted by Crippen LogP contribution is 2.38. The summed E-state index contributed by atoms with van der Waals surface area (Å²) in [6, 6.07) is 5.84. The third-order valence-electron chi connectivity index (χ3n) is 6.40. The van der Waals surface area contributed by atoms with E-state index < -0.39 is 21.9 Å². The number of unbranched alkanes of at least 4 members (excludes halogenated alkanes) is 2. The molecular formula is C26H35N3O6S2. The highest BCUT2D eigenvalue weighted by atomic mass is 32.2. The first-order chi connectivity index (χ1) is 17.6. The third-order valence-corrected chi connectivity index (χ3v) is 9.44. The predicted molar refractivity (Wildman–Crippen MR) is 143 cm³/mol. The van der Waals surface area contributed by atoms with Crippen LogP contribution in [0.2, 0.25) is 0 Å². The van der Waals surface area contributed by atoms with Gasteiger partial charge in [-0.2, -0.15) is 4.31 Å². The Hall–Kier alpha value is -2.76. The lowest BCUT2D eigenvalue weighted by Gasteiger charge is -2.25. The van der Waals surface area contributed by atoms with Crippen molar-refractivity contribution in [1.82, 2.24) is 9.21 Å². The fourth-order valence-corrected chi connectivity index (χ4v) is 6.97. The summed E-state index contributed by atoms with van der Waals surface area (Å²) in [6.07, 6.45) is 3.83. The number of benzene rings is 1. The molecule has 0 bridgehead atoms. The van der Waals surface area contributed by atoms with Crippen LogP contribution in [0.5, 0.6) is 0 Å². The van der Waals surface area contributed by atoms with Gasteiger partial charge < -0.3 is 15.0 Å². The van der Waals surface area contributed by atoms with Crippen molar-refractivity contribution < 1.29 is 27.5 Å². The molecule has 37 heavy (non-hydrogen) atoms. The van der Waals surface area contributed by atoms with Crippen molar-refractivity contribution in [3.63, 3.8) is 0 Å². The number of methoxy groups -OCH3 is 1. The van der Waals surface area contributed by atoms with Gasteiger partial charge in [-0.15, -0.1) is 11.3 Å². The van der Waals surface area contributed by atoms with Crippen molar-refractivity contribution >= 4 is 44.1 Å². The average Bonchev–Trinajstić information content (AvgIpc) is 3.25. The molecule has 2 amide bonds. The lowest BCUT2D eigenvalue weighted by atomic mass is 10.0. The second-order valence-corrected chi connectivity index (χ2v) is 12.0. The van der Waals surface area contributed by atoms with Gasteiger partial charge >= 0.3 is 5.97 Å². The third kappa shape index (κ3) is 6.58. The van der Waals surface area contributed by atoms with E-state index in [-0.39, 0.29) is 16.4 Å². The Bertz CT molecular complexity index is 1230. The number of anilines is 1. The molecule has 0 atom stereocenters. The van der Waals surface area contributed by atoms with Crippen LogP contribution in [0.15, 0.2) is 29.2 Å². The number of sulfonamides is 1. The van der Waals surface area contributed by atoms with Gasteiger partial charge in [0.25, 0.3) is 5.91 Å². The van der Waals surface area contributed by atoms with Crippen LogP contribution in [-0.2, 0) is 32.5 Å². The first-order valence-corrected chi connectivity index (χ1v) is 14.8. The van der Waals surface area contributed by atoms with Gasteiger partial charge in [-0.25, -0.2) is 13.2 Å². The van der Waals surface area contributed by atoms with E-state index in [0.717, 1.165) is 36.1 Å². The molecule has 202 valence electrons. The Morgan fingerprint density at radius 1 is 1.08 bits per heavy atom. The van der Waals surface area contributed by atoms with E-state index in [0.29, 0.717) is 43.2 Å². The fraction of sp³-hybridized carbons (Fsp3) is 0.500. The summed E-state index contributed by atoms with van der Waals surface area (Å²) in [6.45, 7) is 7.32. The monoisotopic (exact) mass is 549 g/mol. The van der Waals surface area contributed by atoms with Crippen molar-refractivity contribution in [1.29, 1.82) is 0 Å². The highest BCUT2D eigenvalue weighted by molar-refractivity contribution is 7.89. The quantitative estimate of drug-likeness (QED) is 0.419. The van der Waals surface area contributed by atoms with E-state index >= 15 is 0 Å². The number of carbonyl (C=O) groups is 3. The maximum absolute atomic E-state index is 13.2. The molecule has 9 nitrogen and oxygen atoms in total. The molecular weight excluding hydrogens is 514 g/mol. The first kappa shape index (κ1) is 28.8. The molecule has 1 N–H and O–H groups in total. The Labute approximate surface area is 222 Å². The fourth-order valence-electron chi connectivity index (χ4n) is 4.20. The van der Waals surface area contributed by atoms with Gasteiger partial charge in [0.15, 0.2) is 0 Å². The number of ether oxygens (including phenoxy) is 1. The molecule has 3 rings (SSSR count). The molecule has 0 aliphatic carbocycles. The minimum Gasteiger partial charge on any atom is -0.465 e. The van der Waals surface area contributed by atoms with Gasteiger partial charge in [0.05, 0.1) is 24.1 Å². The zero-order valence-corrected chi connectivity index (χ0v) is 23.5. The number of amides is 2. The minimum atomic E-state index is -3.67. The molecule has 0 saturated heterocycles. The zero-order valence-electron chi connectivity index (χ0n) is 21.8. The van der Waals surface area contributed by atoms with Crippen LogP contribution < -0.4 is 5.32 Å². The number of nitrogens with one attached hydrogen (secondary N) is 1. The standard InChI is InChI=1S/C26H35N3O6S2/c1-5-7-14-29(15-8-6-2)37(33,34)20-11-9-19(10-12-20)24(31)27-25-23(26(32)35-4)21-13-16-28(18(3)30)17-22(21)36-25/h9-12H,5-8,13-17H2,1-4H3,(H,27,31). The topological polar surface area (TPSA) is 113 Å². The molecule has 1 aromatic heterocycles. The summed E-state index contributed by atoms with van der Waals surface area (Å²) < 4.78 is 32.9. The number of hydrogen-bond donors (Lipinski definition) is 1. The smallest absolute Gasteiger partial charge is 0.341 e. The van der Waals surface area contributed by atoms with Gasteiger partial charge in [0, 0.05) is 37.0 Å². The molecule has 0 radical (unpaired) electrons. The van der Waals surface area contributed by atoms with Gasteiger partial charge in [-0.05, 0) is 49.1 Å². The van der Waals surface area contributed by atoms with Crippen molar-refractivity contribution in [2.45, 2.75) is 64.3 Å². The lowest BCUT2D eigenvalue weighted by molar-refractivity contribution is -0.129. The number of thiophene rings is 1. The maximum atomic E-state index is 13.2. The number of rotatable bonds is 11. The number of fused-ring (bicyclic) bond motifs is 1. The van der Waals surface area contributed by atoms with Crippen molar-refractivity contribution in [3.8, 4) is 0 Å². The van der Waals surface area contributed by atoms with Crippen molar-refractivity contribution in [2.75, 3.05) is 32.1 Å². The largest absolute Gasteiger partial charge is 0.465 e. The number of nitrogens with zero attached hydrogens (tertiary/aromatic N) is 2. The van der Waals surface area contributed by atoms with Gasteiger partial charge in [-0.1, -0.05) is 26.7 Å². The van der Waals surface area contributed by atoms with E-state index in [9.17, 15) is 22.8 Å². The molecule has 1 aromatic carbocycles. The SMILES string of the molecule is CCCCN(CCCC)S(=O)(=O)c1ccc(C(=O)Nc2sc3c(c2C(=O)OC)CCN(C(C)=O)C3)cc1. The number of esters is 1. The molecule has 2 heterocycles. The van der Waals surface area contributed by atoms with E-state index in [1.807, 2.05) is 13.8 Å². The van der Waals surface area contributed by atoms with Crippen LogP contribution >= 0.6 is 11.3 Å². The van der Waals surface area contributed by atoms with Crippen LogP contribution in [0.4, 0.5) is 5.00 Å². The summed E-state index contributed by atoms with van der Waals surface area (Å²) in [5.74, 6) is -1.07. The van der Waals surface area contributed by atoms with Gasteiger partial charge in [0.1, 0.15) is 5.00 Å². The zero-order chi connectivity index (χ0) is 27.2. The first-order valence-electron chi connectivity index (χ1n) is 12.5. The predicted octanol–water partition coefficient (Wildman–Crippen LogP) is 4.28. The number of carbonyl (C=O) groups excluding carboxylic acids is 3.